The lowest BCUT2D eigenvalue weighted by atomic mass is 9.95. The van der Waals surface area contributed by atoms with E-state index in [1.807, 2.05) is 0 Å². The van der Waals surface area contributed by atoms with E-state index in [2.05, 4.69) is 0 Å². The quantitative estimate of drug-likeness (QED) is 0.0510. The van der Waals surface area contributed by atoms with E-state index in [-0.39, 0.29) is 44.5 Å². The van der Waals surface area contributed by atoms with Crippen molar-refractivity contribution in [3.05, 3.63) is 287 Å². The standard InChI is InChI=1S/C68H54O19/c69-59(43-25-9-1-10-26-43)77-41-51-53(81-61(71)45-29-13-3-14-30-45)55(83-63(73)47-33-17-5-18-34-47)57(84-64(74)48-35-19-6-20-36-48)67(79-51)86-56-54(82-62(72)46-31-15-4-16-32-46)52(42-78-60(70)44-27-11-2-12-28-44)80-68(87-66(76)50-39-23-8-24-40-50)58(56)85-65(75)49-37-21-7-22-38-49/h1-40,51-58,67-68H,41-42H2/t51?,52?,53-,54-,55+,56+,57?,58?,67+,68?/m1/s1. The summed E-state index contributed by atoms with van der Waals surface area (Å²) in [6.45, 7) is -1.56. The zero-order valence-corrected chi connectivity index (χ0v) is 46.0. The maximum absolute atomic E-state index is 14.7. The van der Waals surface area contributed by atoms with Crippen molar-refractivity contribution in [2.24, 2.45) is 0 Å². The van der Waals surface area contributed by atoms with Gasteiger partial charge in [0.2, 0.25) is 6.29 Å². The Hall–Kier alpha value is -10.6. The first-order chi connectivity index (χ1) is 42.5. The first-order valence-corrected chi connectivity index (χ1v) is 27.4. The van der Waals surface area contributed by atoms with Crippen molar-refractivity contribution in [1.29, 1.82) is 0 Å². The molecule has 10 rings (SSSR count). The second-order valence-corrected chi connectivity index (χ2v) is 19.6. The van der Waals surface area contributed by atoms with Crippen LogP contribution in [0.25, 0.3) is 0 Å². The summed E-state index contributed by atoms with van der Waals surface area (Å²) in [4.78, 5) is 115. The van der Waals surface area contributed by atoms with E-state index in [0.29, 0.717) is 0 Å². The van der Waals surface area contributed by atoms with Gasteiger partial charge >= 0.3 is 47.8 Å². The van der Waals surface area contributed by atoms with Gasteiger partial charge in [-0.25, -0.2) is 38.4 Å². The molecule has 2 heterocycles. The molecule has 2 aliphatic rings. The predicted molar refractivity (Wildman–Crippen MR) is 306 cm³/mol. The average molecular weight is 1180 g/mol. The van der Waals surface area contributed by atoms with E-state index in [4.69, 9.17) is 52.1 Å². The van der Waals surface area contributed by atoms with Gasteiger partial charge in [0, 0.05) is 0 Å². The van der Waals surface area contributed by atoms with Crippen molar-refractivity contribution in [2.45, 2.75) is 61.4 Å². The Balaban J connectivity index is 1.15. The molecule has 0 saturated carbocycles. The van der Waals surface area contributed by atoms with Gasteiger partial charge in [0.05, 0.1) is 44.5 Å². The molecule has 0 aliphatic carbocycles. The molecule has 8 aromatic rings. The fourth-order valence-corrected chi connectivity index (χ4v) is 9.42. The molecule has 2 aliphatic heterocycles. The zero-order valence-electron chi connectivity index (χ0n) is 46.0. The second kappa shape index (κ2) is 28.8. The maximum Gasteiger partial charge on any atom is 0.340 e. The molecular weight excluding hydrogens is 1120 g/mol. The number of ether oxygens (including phenoxy) is 11. The van der Waals surface area contributed by atoms with Crippen molar-refractivity contribution >= 4 is 47.8 Å². The highest BCUT2D eigenvalue weighted by Gasteiger charge is 2.59. The number of esters is 8. The second-order valence-electron chi connectivity index (χ2n) is 19.6. The number of hydrogen-bond donors (Lipinski definition) is 0. The van der Waals surface area contributed by atoms with Gasteiger partial charge in [-0.2, -0.15) is 0 Å². The van der Waals surface area contributed by atoms with Crippen LogP contribution in [0.15, 0.2) is 243 Å². The fourth-order valence-electron chi connectivity index (χ4n) is 9.42. The molecule has 0 radical (unpaired) electrons. The summed E-state index contributed by atoms with van der Waals surface area (Å²) in [6.07, 6.45) is -19.6. The summed E-state index contributed by atoms with van der Waals surface area (Å²) in [5, 5.41) is 0. The smallest absolute Gasteiger partial charge is 0.340 e. The first kappa shape index (κ1) is 59.6. The van der Waals surface area contributed by atoms with E-state index in [0.717, 1.165) is 0 Å². The van der Waals surface area contributed by atoms with Crippen LogP contribution in [0.1, 0.15) is 82.9 Å². The Bertz CT molecular complexity index is 3620. The third-order valence-electron chi connectivity index (χ3n) is 13.7. The topological polar surface area (TPSA) is 238 Å². The number of carbonyl (C=O) groups excluding carboxylic acids is 8. The highest BCUT2D eigenvalue weighted by molar-refractivity contribution is 5.93. The van der Waals surface area contributed by atoms with Crippen LogP contribution >= 0.6 is 0 Å². The van der Waals surface area contributed by atoms with Crippen molar-refractivity contribution < 1.29 is 90.5 Å². The third-order valence-corrected chi connectivity index (χ3v) is 13.7. The first-order valence-electron chi connectivity index (χ1n) is 27.4. The van der Waals surface area contributed by atoms with Gasteiger partial charge in [0.15, 0.2) is 36.8 Å². The minimum Gasteiger partial charge on any atom is -0.459 e. The molecule has 10 atom stereocenters. The van der Waals surface area contributed by atoms with Gasteiger partial charge in [-0.15, -0.1) is 0 Å². The summed E-state index contributed by atoms with van der Waals surface area (Å²) in [5.74, 6) is -7.91. The van der Waals surface area contributed by atoms with E-state index in [1.54, 1.807) is 146 Å². The Labute approximate surface area is 498 Å². The van der Waals surface area contributed by atoms with Crippen LogP contribution in [0.5, 0.6) is 0 Å². The van der Waals surface area contributed by atoms with Crippen LogP contribution in [-0.2, 0) is 52.1 Å². The van der Waals surface area contributed by atoms with Gasteiger partial charge in [-0.05, 0) is 97.1 Å². The molecule has 2 saturated heterocycles. The number of hydrogen-bond acceptors (Lipinski definition) is 19. The third kappa shape index (κ3) is 15.2. The number of benzene rings is 8. The predicted octanol–water partition coefficient (Wildman–Crippen LogP) is 9.52. The molecule has 0 bridgehead atoms. The van der Waals surface area contributed by atoms with Crippen molar-refractivity contribution in [3.63, 3.8) is 0 Å². The summed E-state index contributed by atoms with van der Waals surface area (Å²) in [7, 11) is 0. The van der Waals surface area contributed by atoms with Crippen LogP contribution in [0.3, 0.4) is 0 Å². The number of carbonyl (C=O) groups is 8. The minimum atomic E-state index is -2.17. The summed E-state index contributed by atoms with van der Waals surface area (Å²) in [6, 6.07) is 61.6. The SMILES string of the molecule is O=C(OCC1OC(OC(=O)c2ccccc2)C(OC(=O)c2ccccc2)[C@@H](O[C@@H]2OC(COC(=O)c3ccccc3)[C@@H](OC(=O)c3ccccc3)[C@H](OC(=O)c3ccccc3)C2OC(=O)c2ccccc2)[C@@H]1OC(=O)c1ccccc1)c1ccccc1. The molecule has 2 fully saturated rings. The zero-order chi connectivity index (χ0) is 60.5. The molecule has 19 heteroatoms. The van der Waals surface area contributed by atoms with Crippen molar-refractivity contribution in [2.75, 3.05) is 13.2 Å². The van der Waals surface area contributed by atoms with Gasteiger partial charge in [0.25, 0.3) is 0 Å². The van der Waals surface area contributed by atoms with Gasteiger partial charge in [-0.1, -0.05) is 146 Å². The van der Waals surface area contributed by atoms with E-state index >= 15 is 0 Å². The summed E-state index contributed by atoms with van der Waals surface area (Å²) >= 11 is 0. The molecule has 19 nitrogen and oxygen atoms in total. The normalized spacial score (nSPS) is 21.3. The van der Waals surface area contributed by atoms with E-state index in [1.165, 1.54) is 97.1 Å². The molecule has 5 unspecified atom stereocenters. The molecule has 0 aromatic heterocycles. The van der Waals surface area contributed by atoms with Crippen LogP contribution in [0.4, 0.5) is 0 Å². The molecule has 0 N–H and O–H groups in total. The van der Waals surface area contributed by atoms with E-state index < -0.39 is 122 Å². The van der Waals surface area contributed by atoms with Crippen LogP contribution in [-0.4, -0.2) is 122 Å². The molecule has 0 amide bonds. The minimum absolute atomic E-state index is 0.00643. The van der Waals surface area contributed by atoms with Crippen molar-refractivity contribution in [3.8, 4) is 0 Å². The summed E-state index contributed by atoms with van der Waals surface area (Å²) in [5.41, 5.74) is 0.145. The molecule has 440 valence electrons. The Morgan fingerprint density at radius 2 is 0.460 bits per heavy atom. The van der Waals surface area contributed by atoms with Crippen molar-refractivity contribution in [1.82, 2.24) is 0 Å². The van der Waals surface area contributed by atoms with E-state index in [9.17, 15) is 38.4 Å². The highest BCUT2D eigenvalue weighted by atomic mass is 16.8. The van der Waals surface area contributed by atoms with Gasteiger partial charge in [-0.3, -0.25) is 0 Å². The molecular formula is C68H54O19. The van der Waals surface area contributed by atoms with Crippen LogP contribution < -0.4 is 0 Å². The number of rotatable bonds is 20. The average Bonchev–Trinajstić information content (AvgIpc) is 2.52. The lowest BCUT2D eigenvalue weighted by Crippen LogP contribution is -2.67. The summed E-state index contributed by atoms with van der Waals surface area (Å²) < 4.78 is 69.8. The molecule has 87 heavy (non-hydrogen) atoms. The molecule has 8 aromatic carbocycles. The van der Waals surface area contributed by atoms with Crippen LogP contribution in [0.2, 0.25) is 0 Å². The Morgan fingerprint density at radius 1 is 0.241 bits per heavy atom. The lowest BCUT2D eigenvalue weighted by molar-refractivity contribution is -0.351. The largest absolute Gasteiger partial charge is 0.459 e. The maximum atomic E-state index is 14.7. The van der Waals surface area contributed by atoms with Gasteiger partial charge in [0.1, 0.15) is 31.5 Å². The van der Waals surface area contributed by atoms with Crippen LogP contribution in [0, 0.1) is 0 Å². The lowest BCUT2D eigenvalue weighted by Gasteiger charge is -2.48. The fraction of sp³-hybridized carbons (Fsp3) is 0.176. The Morgan fingerprint density at radius 3 is 0.759 bits per heavy atom. The Kier molecular flexibility index (Phi) is 19.7. The van der Waals surface area contributed by atoms with Gasteiger partial charge < -0.3 is 52.1 Å². The monoisotopic (exact) mass is 1170 g/mol. The molecule has 0 spiro atoms. The highest BCUT2D eigenvalue weighted by Crippen LogP contribution is 2.38.